The van der Waals surface area contributed by atoms with Gasteiger partial charge < -0.3 is 9.64 Å². The lowest BCUT2D eigenvalue weighted by atomic mass is 9.97. The Labute approximate surface area is 101 Å². The predicted molar refractivity (Wildman–Crippen MR) is 63.5 cm³/mol. The molecule has 1 aliphatic heterocycles. The van der Waals surface area contributed by atoms with Gasteiger partial charge in [-0.2, -0.15) is 5.10 Å². The van der Waals surface area contributed by atoms with E-state index in [0.29, 0.717) is 12.5 Å². The molecule has 0 bridgehead atoms. The molecular weight excluding hydrogens is 218 g/mol. The molecule has 1 aromatic rings. The topological polar surface area (TPSA) is 47.4 Å². The van der Waals surface area contributed by atoms with E-state index >= 15 is 0 Å². The van der Waals surface area contributed by atoms with E-state index in [0.717, 1.165) is 32.5 Å². The second-order valence-corrected chi connectivity index (χ2v) is 4.36. The average molecular weight is 237 g/mol. The third-order valence-corrected chi connectivity index (χ3v) is 3.14. The molecule has 0 atom stereocenters. The van der Waals surface area contributed by atoms with Crippen LogP contribution in [0.15, 0.2) is 18.5 Å². The smallest absolute Gasteiger partial charge is 0.409 e. The van der Waals surface area contributed by atoms with Crippen LogP contribution < -0.4 is 0 Å². The first-order valence-corrected chi connectivity index (χ1v) is 6.18. The summed E-state index contributed by atoms with van der Waals surface area (Å²) in [5, 5.41) is 4.21. The Kier molecular flexibility index (Phi) is 4.01. The Hall–Kier alpha value is -1.52. The Morgan fingerprint density at radius 2 is 2.24 bits per heavy atom. The molecule has 0 aromatic carbocycles. The van der Waals surface area contributed by atoms with Gasteiger partial charge in [-0.3, -0.25) is 4.68 Å². The van der Waals surface area contributed by atoms with Crippen molar-refractivity contribution in [2.75, 3.05) is 19.7 Å². The summed E-state index contributed by atoms with van der Waals surface area (Å²) < 4.78 is 6.95. The Morgan fingerprint density at radius 3 is 2.82 bits per heavy atom. The summed E-state index contributed by atoms with van der Waals surface area (Å²) in [5.41, 5.74) is 0. The molecule has 94 valence electrons. The molecule has 1 fully saturated rings. The SMILES string of the molecule is CCOC(=O)N1CCC(Cn2cccn2)CC1. The molecule has 2 rings (SSSR count). The molecule has 0 spiro atoms. The number of likely N-dealkylation sites (tertiary alicyclic amines) is 1. The van der Waals surface area contributed by atoms with Crippen molar-refractivity contribution < 1.29 is 9.53 Å². The van der Waals surface area contributed by atoms with Crippen molar-refractivity contribution in [2.24, 2.45) is 5.92 Å². The summed E-state index contributed by atoms with van der Waals surface area (Å²) in [6, 6.07) is 1.94. The molecule has 5 heteroatoms. The molecule has 0 saturated carbocycles. The number of ether oxygens (including phenoxy) is 1. The number of piperidine rings is 1. The summed E-state index contributed by atoms with van der Waals surface area (Å²) in [4.78, 5) is 13.3. The monoisotopic (exact) mass is 237 g/mol. The number of hydrogen-bond acceptors (Lipinski definition) is 3. The van der Waals surface area contributed by atoms with Crippen LogP contribution in [0.1, 0.15) is 19.8 Å². The number of aromatic nitrogens is 2. The molecule has 1 amide bonds. The van der Waals surface area contributed by atoms with Gasteiger partial charge in [-0.15, -0.1) is 0 Å². The zero-order valence-corrected chi connectivity index (χ0v) is 10.2. The van der Waals surface area contributed by atoms with E-state index < -0.39 is 0 Å². The van der Waals surface area contributed by atoms with Crippen molar-refractivity contribution in [1.29, 1.82) is 0 Å². The van der Waals surface area contributed by atoms with Crippen LogP contribution >= 0.6 is 0 Å². The number of carbonyl (C=O) groups is 1. The molecule has 17 heavy (non-hydrogen) atoms. The minimum atomic E-state index is -0.176. The zero-order chi connectivity index (χ0) is 12.1. The maximum atomic E-state index is 11.5. The molecule has 1 saturated heterocycles. The van der Waals surface area contributed by atoms with Gasteiger partial charge in [0, 0.05) is 32.0 Å². The summed E-state index contributed by atoms with van der Waals surface area (Å²) in [5.74, 6) is 0.612. The van der Waals surface area contributed by atoms with Gasteiger partial charge in [0.1, 0.15) is 0 Å². The van der Waals surface area contributed by atoms with Crippen LogP contribution in [0.2, 0.25) is 0 Å². The number of rotatable bonds is 3. The normalized spacial score (nSPS) is 17.1. The summed E-state index contributed by atoms with van der Waals surface area (Å²) in [6.45, 7) is 4.83. The number of carbonyl (C=O) groups excluding carboxylic acids is 1. The number of hydrogen-bond donors (Lipinski definition) is 0. The van der Waals surface area contributed by atoms with Crippen LogP contribution in [0.25, 0.3) is 0 Å². The van der Waals surface area contributed by atoms with Crippen LogP contribution in [0, 0.1) is 5.92 Å². The largest absolute Gasteiger partial charge is 0.450 e. The summed E-state index contributed by atoms with van der Waals surface area (Å²) in [6.07, 6.45) is 5.66. The lowest BCUT2D eigenvalue weighted by Gasteiger charge is -2.31. The minimum absolute atomic E-state index is 0.176. The van der Waals surface area contributed by atoms with Gasteiger partial charge in [-0.1, -0.05) is 0 Å². The average Bonchev–Trinajstić information content (AvgIpc) is 2.83. The molecule has 5 nitrogen and oxygen atoms in total. The maximum absolute atomic E-state index is 11.5. The molecule has 0 unspecified atom stereocenters. The highest BCUT2D eigenvalue weighted by atomic mass is 16.6. The van der Waals surface area contributed by atoms with Crippen molar-refractivity contribution in [3.8, 4) is 0 Å². The van der Waals surface area contributed by atoms with Gasteiger partial charge in [-0.05, 0) is 31.7 Å². The third-order valence-electron chi connectivity index (χ3n) is 3.14. The first-order chi connectivity index (χ1) is 8.29. The van der Waals surface area contributed by atoms with Crippen molar-refractivity contribution >= 4 is 6.09 Å². The Balaban J connectivity index is 1.76. The summed E-state index contributed by atoms with van der Waals surface area (Å²) >= 11 is 0. The van der Waals surface area contributed by atoms with Crippen LogP contribution in [0.5, 0.6) is 0 Å². The van der Waals surface area contributed by atoms with Crippen molar-refractivity contribution in [1.82, 2.24) is 14.7 Å². The highest BCUT2D eigenvalue weighted by molar-refractivity contribution is 5.67. The highest BCUT2D eigenvalue weighted by Crippen LogP contribution is 2.19. The fourth-order valence-electron chi connectivity index (χ4n) is 2.19. The predicted octanol–water partition coefficient (Wildman–Crippen LogP) is 1.75. The van der Waals surface area contributed by atoms with E-state index in [1.807, 2.05) is 23.9 Å². The fraction of sp³-hybridized carbons (Fsp3) is 0.667. The van der Waals surface area contributed by atoms with Crippen LogP contribution in [0.4, 0.5) is 4.79 Å². The minimum Gasteiger partial charge on any atom is -0.450 e. The maximum Gasteiger partial charge on any atom is 0.409 e. The lowest BCUT2D eigenvalue weighted by molar-refractivity contribution is 0.0896. The van der Waals surface area contributed by atoms with Crippen LogP contribution in [-0.2, 0) is 11.3 Å². The van der Waals surface area contributed by atoms with Gasteiger partial charge in [-0.25, -0.2) is 4.79 Å². The van der Waals surface area contributed by atoms with Crippen LogP contribution in [0.3, 0.4) is 0 Å². The number of nitrogens with zero attached hydrogens (tertiary/aromatic N) is 3. The Bertz CT molecular complexity index is 343. The van der Waals surface area contributed by atoms with Gasteiger partial charge in [0.05, 0.1) is 6.61 Å². The first kappa shape index (κ1) is 12.0. The van der Waals surface area contributed by atoms with Gasteiger partial charge in [0.2, 0.25) is 0 Å². The van der Waals surface area contributed by atoms with Crippen molar-refractivity contribution in [3.05, 3.63) is 18.5 Å². The lowest BCUT2D eigenvalue weighted by Crippen LogP contribution is -2.39. The van der Waals surface area contributed by atoms with E-state index in [1.54, 1.807) is 11.1 Å². The van der Waals surface area contributed by atoms with Crippen molar-refractivity contribution in [3.63, 3.8) is 0 Å². The quantitative estimate of drug-likeness (QED) is 0.804. The Morgan fingerprint density at radius 1 is 1.47 bits per heavy atom. The zero-order valence-electron chi connectivity index (χ0n) is 10.2. The third kappa shape index (κ3) is 3.22. The first-order valence-electron chi connectivity index (χ1n) is 6.18. The van der Waals surface area contributed by atoms with E-state index in [2.05, 4.69) is 5.10 Å². The molecule has 1 aromatic heterocycles. The highest BCUT2D eigenvalue weighted by Gasteiger charge is 2.23. The van der Waals surface area contributed by atoms with Gasteiger partial charge in [0.25, 0.3) is 0 Å². The van der Waals surface area contributed by atoms with E-state index in [9.17, 15) is 4.79 Å². The van der Waals surface area contributed by atoms with E-state index in [-0.39, 0.29) is 6.09 Å². The second-order valence-electron chi connectivity index (χ2n) is 4.36. The fourth-order valence-corrected chi connectivity index (χ4v) is 2.19. The second kappa shape index (κ2) is 5.70. The molecule has 2 heterocycles. The molecule has 1 aliphatic rings. The molecule has 0 radical (unpaired) electrons. The standard InChI is InChI=1S/C12H19N3O2/c1-2-17-12(16)14-8-4-11(5-9-14)10-15-7-3-6-13-15/h3,6-7,11H,2,4-5,8-10H2,1H3. The van der Waals surface area contributed by atoms with E-state index in [4.69, 9.17) is 4.74 Å². The summed E-state index contributed by atoms with van der Waals surface area (Å²) in [7, 11) is 0. The molecular formula is C12H19N3O2. The van der Waals surface area contributed by atoms with Crippen LogP contribution in [-0.4, -0.2) is 40.5 Å². The molecule has 0 aliphatic carbocycles. The van der Waals surface area contributed by atoms with Gasteiger partial charge >= 0.3 is 6.09 Å². The molecule has 0 N–H and O–H groups in total. The van der Waals surface area contributed by atoms with Gasteiger partial charge in [0.15, 0.2) is 0 Å². The van der Waals surface area contributed by atoms with Crippen molar-refractivity contribution in [2.45, 2.75) is 26.3 Å². The van der Waals surface area contributed by atoms with E-state index in [1.165, 1.54) is 0 Å². The number of amides is 1.